The number of nitrogens with one attached hydrogen (secondary N) is 1. The second-order valence-electron chi connectivity index (χ2n) is 6.56. The number of nitrogens with zero attached hydrogens (tertiary/aromatic N) is 1. The number of hydrogen-bond donors (Lipinski definition) is 2. The van der Waals surface area contributed by atoms with Crippen molar-refractivity contribution >= 4 is 5.97 Å². The third-order valence-corrected chi connectivity index (χ3v) is 4.39. The number of likely N-dealkylation sites (N-methyl/N-ethyl adjacent to an activating group) is 1. The van der Waals surface area contributed by atoms with Crippen molar-refractivity contribution in [3.63, 3.8) is 0 Å². The zero-order valence-corrected chi connectivity index (χ0v) is 12.3. The summed E-state index contributed by atoms with van der Waals surface area (Å²) in [5, 5.41) is 12.5. The van der Waals surface area contributed by atoms with E-state index in [0.717, 1.165) is 18.4 Å². The van der Waals surface area contributed by atoms with Gasteiger partial charge in [-0.05, 0) is 57.4 Å². The molecule has 2 fully saturated rings. The quantitative estimate of drug-likeness (QED) is 0.636. The molecule has 0 aromatic carbocycles. The molecule has 19 heavy (non-hydrogen) atoms. The molecule has 2 aliphatic rings. The van der Waals surface area contributed by atoms with Gasteiger partial charge in [0, 0.05) is 19.6 Å². The Bertz CT molecular complexity index is 299. The molecule has 2 N–H and O–H groups in total. The second-order valence-corrected chi connectivity index (χ2v) is 6.56. The standard InChI is InChI=1S/C15H28N2O2/c1-3-16-15(2,14(18)19)8-9-17(10-12-4-5-12)11-13-6-7-13/h12-13,16H,3-11H2,1-2H3,(H,18,19). The molecular weight excluding hydrogens is 240 g/mol. The first kappa shape index (κ1) is 14.8. The number of aliphatic carboxylic acids is 1. The molecule has 0 aromatic heterocycles. The number of carboxylic acid groups (broad SMARTS) is 1. The van der Waals surface area contributed by atoms with Crippen LogP contribution in [0.2, 0.25) is 0 Å². The molecule has 2 saturated carbocycles. The van der Waals surface area contributed by atoms with Gasteiger partial charge in [-0.1, -0.05) is 6.92 Å². The Hall–Kier alpha value is -0.610. The van der Waals surface area contributed by atoms with Crippen LogP contribution in [0.25, 0.3) is 0 Å². The molecule has 0 bridgehead atoms. The summed E-state index contributed by atoms with van der Waals surface area (Å²) < 4.78 is 0. The topological polar surface area (TPSA) is 52.6 Å². The van der Waals surface area contributed by atoms with Crippen molar-refractivity contribution in [2.75, 3.05) is 26.2 Å². The van der Waals surface area contributed by atoms with Crippen molar-refractivity contribution in [2.45, 2.75) is 51.5 Å². The van der Waals surface area contributed by atoms with E-state index in [4.69, 9.17) is 0 Å². The lowest BCUT2D eigenvalue weighted by atomic mass is 9.97. The maximum Gasteiger partial charge on any atom is 0.323 e. The van der Waals surface area contributed by atoms with Gasteiger partial charge < -0.3 is 15.3 Å². The van der Waals surface area contributed by atoms with E-state index >= 15 is 0 Å². The molecule has 0 aromatic rings. The van der Waals surface area contributed by atoms with Crippen molar-refractivity contribution < 1.29 is 9.90 Å². The van der Waals surface area contributed by atoms with Gasteiger partial charge >= 0.3 is 5.97 Å². The Morgan fingerprint density at radius 1 is 1.26 bits per heavy atom. The van der Waals surface area contributed by atoms with E-state index in [0.29, 0.717) is 13.0 Å². The van der Waals surface area contributed by atoms with Crippen molar-refractivity contribution in [3.05, 3.63) is 0 Å². The molecule has 1 unspecified atom stereocenters. The van der Waals surface area contributed by atoms with E-state index in [-0.39, 0.29) is 0 Å². The molecule has 0 saturated heterocycles. The van der Waals surface area contributed by atoms with Gasteiger partial charge in [-0.15, -0.1) is 0 Å². The first-order chi connectivity index (χ1) is 9.03. The number of hydrogen-bond acceptors (Lipinski definition) is 3. The van der Waals surface area contributed by atoms with Crippen LogP contribution in [-0.2, 0) is 4.79 Å². The van der Waals surface area contributed by atoms with Crippen molar-refractivity contribution in [1.82, 2.24) is 10.2 Å². The molecule has 4 heteroatoms. The summed E-state index contributed by atoms with van der Waals surface area (Å²) in [5.74, 6) is 1.04. The molecule has 0 spiro atoms. The summed E-state index contributed by atoms with van der Waals surface area (Å²) in [7, 11) is 0. The molecule has 0 heterocycles. The Kier molecular flexibility index (Phi) is 4.85. The first-order valence-electron chi connectivity index (χ1n) is 7.74. The van der Waals surface area contributed by atoms with Gasteiger partial charge in [-0.2, -0.15) is 0 Å². The van der Waals surface area contributed by atoms with Crippen LogP contribution in [0.1, 0.15) is 46.0 Å². The lowest BCUT2D eigenvalue weighted by Gasteiger charge is -2.30. The smallest absolute Gasteiger partial charge is 0.323 e. The highest BCUT2D eigenvalue weighted by Crippen LogP contribution is 2.34. The SMILES string of the molecule is CCNC(C)(CCN(CC1CC1)CC1CC1)C(=O)O. The van der Waals surface area contributed by atoms with Crippen LogP contribution in [0.15, 0.2) is 0 Å². The summed E-state index contributed by atoms with van der Waals surface area (Å²) in [6, 6.07) is 0. The fourth-order valence-electron chi connectivity index (χ4n) is 2.63. The molecule has 4 nitrogen and oxygen atoms in total. The minimum absolute atomic E-state index is 0.690. The number of carboxylic acids is 1. The number of rotatable bonds is 10. The van der Waals surface area contributed by atoms with Crippen molar-refractivity contribution in [3.8, 4) is 0 Å². The first-order valence-corrected chi connectivity index (χ1v) is 7.74. The van der Waals surface area contributed by atoms with Crippen LogP contribution in [0.5, 0.6) is 0 Å². The molecule has 2 aliphatic carbocycles. The molecule has 0 amide bonds. The van der Waals surface area contributed by atoms with Crippen LogP contribution in [-0.4, -0.2) is 47.7 Å². The summed E-state index contributed by atoms with van der Waals surface area (Å²) in [4.78, 5) is 13.9. The average Bonchev–Trinajstić information content (AvgIpc) is 3.21. The Balaban J connectivity index is 1.82. The third-order valence-electron chi connectivity index (χ3n) is 4.39. The van der Waals surface area contributed by atoms with E-state index < -0.39 is 11.5 Å². The summed E-state index contributed by atoms with van der Waals surface area (Å²) in [6.45, 7) is 7.74. The zero-order valence-electron chi connectivity index (χ0n) is 12.3. The van der Waals surface area contributed by atoms with Crippen LogP contribution >= 0.6 is 0 Å². The van der Waals surface area contributed by atoms with Crippen molar-refractivity contribution in [2.24, 2.45) is 11.8 Å². The fourth-order valence-corrected chi connectivity index (χ4v) is 2.63. The highest BCUT2D eigenvalue weighted by atomic mass is 16.4. The molecule has 2 rings (SSSR count). The van der Waals surface area contributed by atoms with Gasteiger partial charge in [0.05, 0.1) is 0 Å². The highest BCUT2D eigenvalue weighted by Gasteiger charge is 2.34. The monoisotopic (exact) mass is 268 g/mol. The van der Waals surface area contributed by atoms with E-state index in [1.807, 2.05) is 13.8 Å². The van der Waals surface area contributed by atoms with E-state index in [9.17, 15) is 9.90 Å². The third kappa shape index (κ3) is 4.77. The number of carbonyl (C=O) groups is 1. The van der Waals surface area contributed by atoms with E-state index in [1.165, 1.54) is 38.8 Å². The largest absolute Gasteiger partial charge is 0.480 e. The zero-order chi connectivity index (χ0) is 13.9. The van der Waals surface area contributed by atoms with Gasteiger partial charge in [0.25, 0.3) is 0 Å². The molecule has 110 valence electrons. The predicted molar refractivity (Wildman–Crippen MR) is 76.2 cm³/mol. The average molecular weight is 268 g/mol. The Morgan fingerprint density at radius 3 is 2.16 bits per heavy atom. The van der Waals surface area contributed by atoms with Crippen LogP contribution < -0.4 is 5.32 Å². The molecule has 1 atom stereocenters. The normalized spacial score (nSPS) is 22.5. The van der Waals surface area contributed by atoms with Crippen molar-refractivity contribution in [1.29, 1.82) is 0 Å². The lowest BCUT2D eigenvalue weighted by molar-refractivity contribution is -0.144. The van der Waals surface area contributed by atoms with Gasteiger partial charge in [-0.3, -0.25) is 4.79 Å². The predicted octanol–water partition coefficient (Wildman–Crippen LogP) is 1.95. The molecular formula is C15H28N2O2. The van der Waals surface area contributed by atoms with Gasteiger partial charge in [0.2, 0.25) is 0 Å². The van der Waals surface area contributed by atoms with E-state index in [1.54, 1.807) is 0 Å². The van der Waals surface area contributed by atoms with Crippen LogP contribution in [0.3, 0.4) is 0 Å². The van der Waals surface area contributed by atoms with Crippen LogP contribution in [0.4, 0.5) is 0 Å². The minimum Gasteiger partial charge on any atom is -0.480 e. The Labute approximate surface area is 116 Å². The highest BCUT2D eigenvalue weighted by molar-refractivity contribution is 5.78. The van der Waals surface area contributed by atoms with Gasteiger partial charge in [0.1, 0.15) is 5.54 Å². The summed E-state index contributed by atoms with van der Waals surface area (Å²) in [6.07, 6.45) is 6.15. The summed E-state index contributed by atoms with van der Waals surface area (Å²) in [5.41, 5.74) is -0.778. The van der Waals surface area contributed by atoms with Crippen LogP contribution in [0, 0.1) is 11.8 Å². The fraction of sp³-hybridized carbons (Fsp3) is 0.933. The van der Waals surface area contributed by atoms with Gasteiger partial charge in [-0.25, -0.2) is 0 Å². The molecule has 0 aliphatic heterocycles. The van der Waals surface area contributed by atoms with Gasteiger partial charge in [0.15, 0.2) is 0 Å². The Morgan fingerprint density at radius 2 is 1.79 bits per heavy atom. The summed E-state index contributed by atoms with van der Waals surface area (Å²) >= 11 is 0. The maximum absolute atomic E-state index is 11.4. The lowest BCUT2D eigenvalue weighted by Crippen LogP contribution is -2.51. The minimum atomic E-state index is -0.778. The van der Waals surface area contributed by atoms with E-state index in [2.05, 4.69) is 10.2 Å². The molecule has 0 radical (unpaired) electrons. The second kappa shape index (κ2) is 6.23. The maximum atomic E-state index is 11.4.